The molecule has 6 nitrogen and oxygen atoms in total. The lowest BCUT2D eigenvalue weighted by molar-refractivity contribution is 0.102. The maximum absolute atomic E-state index is 13.3. The van der Waals surface area contributed by atoms with Crippen molar-refractivity contribution >= 4 is 11.6 Å². The van der Waals surface area contributed by atoms with Gasteiger partial charge >= 0.3 is 0 Å². The highest BCUT2D eigenvalue weighted by Crippen LogP contribution is 2.35. The lowest BCUT2D eigenvalue weighted by Gasteiger charge is -2.11. The zero-order valence-electron chi connectivity index (χ0n) is 17.6. The number of benzene rings is 3. The summed E-state index contributed by atoms with van der Waals surface area (Å²) in [4.78, 5) is 13.3. The Morgan fingerprint density at radius 3 is 2.39 bits per heavy atom. The summed E-state index contributed by atoms with van der Waals surface area (Å²) in [6.45, 7) is 1.95. The molecule has 0 atom stereocenters. The lowest BCUT2D eigenvalue weighted by atomic mass is 10.1. The van der Waals surface area contributed by atoms with Crippen LogP contribution in [0.3, 0.4) is 0 Å². The van der Waals surface area contributed by atoms with Gasteiger partial charge in [0.2, 0.25) is 0 Å². The zero-order valence-corrected chi connectivity index (χ0v) is 17.6. The Morgan fingerprint density at radius 1 is 0.935 bits per heavy atom. The minimum absolute atomic E-state index is 0.253. The molecule has 0 spiro atoms. The number of nitrogens with zero attached hydrogens (tertiary/aromatic N) is 2. The Morgan fingerprint density at radius 2 is 1.68 bits per heavy atom. The quantitative estimate of drug-likeness (QED) is 0.477. The summed E-state index contributed by atoms with van der Waals surface area (Å²) in [6.07, 6.45) is 1.73. The summed E-state index contributed by atoms with van der Waals surface area (Å²) < 4.78 is 12.6. The van der Waals surface area contributed by atoms with Gasteiger partial charge in [-0.15, -0.1) is 0 Å². The summed E-state index contributed by atoms with van der Waals surface area (Å²) in [5, 5.41) is 7.74. The standard InChI is InChI=1S/C25H23N3O3/c1-17-9-7-8-12-22(17)26-25(29)21-16-28(18-10-5-4-6-11-18)27-24(21)20-15-19(30-2)13-14-23(20)31-3/h4-16H,1-3H3,(H,26,29). The van der Waals surface area contributed by atoms with Gasteiger partial charge in [0.15, 0.2) is 0 Å². The van der Waals surface area contributed by atoms with E-state index in [1.165, 1.54) is 0 Å². The first kappa shape index (κ1) is 20.2. The minimum atomic E-state index is -0.253. The second kappa shape index (κ2) is 8.75. The fourth-order valence-corrected chi connectivity index (χ4v) is 3.35. The fraction of sp³-hybridized carbons (Fsp3) is 0.120. The van der Waals surface area contributed by atoms with E-state index in [2.05, 4.69) is 5.32 Å². The van der Waals surface area contributed by atoms with Crippen LogP contribution in [0.2, 0.25) is 0 Å². The van der Waals surface area contributed by atoms with E-state index in [9.17, 15) is 4.79 Å². The second-order valence-electron chi connectivity index (χ2n) is 7.01. The molecule has 31 heavy (non-hydrogen) atoms. The third-order valence-electron chi connectivity index (χ3n) is 5.03. The predicted molar refractivity (Wildman–Crippen MR) is 121 cm³/mol. The fourth-order valence-electron chi connectivity index (χ4n) is 3.35. The molecule has 4 aromatic rings. The Hall–Kier alpha value is -4.06. The molecule has 1 amide bonds. The Balaban J connectivity index is 1.85. The monoisotopic (exact) mass is 413 g/mol. The predicted octanol–water partition coefficient (Wildman–Crippen LogP) is 5.12. The minimum Gasteiger partial charge on any atom is -0.497 e. The van der Waals surface area contributed by atoms with Crippen LogP contribution in [0.5, 0.6) is 11.5 Å². The number of rotatable bonds is 6. The average molecular weight is 413 g/mol. The number of hydrogen-bond acceptors (Lipinski definition) is 4. The van der Waals surface area contributed by atoms with Crippen LogP contribution in [-0.2, 0) is 0 Å². The second-order valence-corrected chi connectivity index (χ2v) is 7.01. The highest BCUT2D eigenvalue weighted by Gasteiger charge is 2.22. The molecule has 1 aromatic heterocycles. The van der Waals surface area contributed by atoms with Crippen molar-refractivity contribution in [2.75, 3.05) is 19.5 Å². The van der Waals surface area contributed by atoms with Crippen molar-refractivity contribution in [3.8, 4) is 28.4 Å². The summed E-state index contributed by atoms with van der Waals surface area (Å²) >= 11 is 0. The van der Waals surface area contributed by atoms with Crippen LogP contribution >= 0.6 is 0 Å². The maximum Gasteiger partial charge on any atom is 0.259 e. The molecule has 0 aliphatic heterocycles. The van der Waals surface area contributed by atoms with Crippen molar-refractivity contribution in [1.29, 1.82) is 0 Å². The molecule has 0 radical (unpaired) electrons. The molecule has 1 heterocycles. The van der Waals surface area contributed by atoms with Crippen LogP contribution in [0.15, 0.2) is 79.0 Å². The number of carbonyl (C=O) groups is 1. The molecule has 3 aromatic carbocycles. The summed E-state index contributed by atoms with van der Waals surface area (Å²) in [5.41, 5.74) is 4.19. The smallest absolute Gasteiger partial charge is 0.259 e. The van der Waals surface area contributed by atoms with Crippen molar-refractivity contribution < 1.29 is 14.3 Å². The number of ether oxygens (including phenoxy) is 2. The van der Waals surface area contributed by atoms with E-state index < -0.39 is 0 Å². The normalized spacial score (nSPS) is 10.5. The van der Waals surface area contributed by atoms with Gasteiger partial charge in [-0.3, -0.25) is 4.79 Å². The molecule has 0 aliphatic carbocycles. The van der Waals surface area contributed by atoms with Crippen LogP contribution in [0.25, 0.3) is 16.9 Å². The number of hydrogen-bond donors (Lipinski definition) is 1. The Labute approximate surface area is 181 Å². The third-order valence-corrected chi connectivity index (χ3v) is 5.03. The molecular weight excluding hydrogens is 390 g/mol. The van der Waals surface area contributed by atoms with Gasteiger partial charge in [-0.2, -0.15) is 5.10 Å². The molecule has 0 saturated carbocycles. The summed E-state index contributed by atoms with van der Waals surface area (Å²) in [6, 6.07) is 22.7. The number of carbonyl (C=O) groups excluding carboxylic acids is 1. The molecular formula is C25H23N3O3. The van der Waals surface area contributed by atoms with E-state index in [1.807, 2.05) is 73.7 Å². The van der Waals surface area contributed by atoms with Crippen LogP contribution in [0, 0.1) is 6.92 Å². The van der Waals surface area contributed by atoms with Crippen LogP contribution in [0.1, 0.15) is 15.9 Å². The van der Waals surface area contributed by atoms with Crippen molar-refractivity contribution in [1.82, 2.24) is 9.78 Å². The average Bonchev–Trinajstić information content (AvgIpc) is 3.26. The first-order valence-corrected chi connectivity index (χ1v) is 9.85. The Kier molecular flexibility index (Phi) is 5.71. The molecule has 0 saturated heterocycles. The maximum atomic E-state index is 13.3. The van der Waals surface area contributed by atoms with Gasteiger partial charge in [0.05, 0.1) is 25.5 Å². The van der Waals surface area contributed by atoms with E-state index in [0.29, 0.717) is 28.3 Å². The van der Waals surface area contributed by atoms with Crippen LogP contribution in [-0.4, -0.2) is 29.9 Å². The van der Waals surface area contributed by atoms with Gasteiger partial charge < -0.3 is 14.8 Å². The molecule has 0 aliphatic rings. The van der Waals surface area contributed by atoms with Gasteiger partial charge in [-0.25, -0.2) is 4.68 Å². The third kappa shape index (κ3) is 4.14. The number of aryl methyl sites for hydroxylation is 1. The van der Waals surface area contributed by atoms with Gasteiger partial charge in [0, 0.05) is 17.4 Å². The molecule has 4 rings (SSSR count). The number of amides is 1. The molecule has 0 unspecified atom stereocenters. The number of methoxy groups -OCH3 is 2. The van der Waals surface area contributed by atoms with Crippen molar-refractivity contribution in [2.45, 2.75) is 6.92 Å². The van der Waals surface area contributed by atoms with Crippen LogP contribution in [0.4, 0.5) is 5.69 Å². The first-order chi connectivity index (χ1) is 15.1. The Bertz CT molecular complexity index is 1220. The molecule has 1 N–H and O–H groups in total. The highest BCUT2D eigenvalue weighted by atomic mass is 16.5. The van der Waals surface area contributed by atoms with Crippen molar-refractivity contribution in [2.24, 2.45) is 0 Å². The number of para-hydroxylation sites is 2. The number of nitrogens with one attached hydrogen (secondary N) is 1. The summed E-state index contributed by atoms with van der Waals surface area (Å²) in [5.74, 6) is 0.996. The van der Waals surface area contributed by atoms with Crippen LogP contribution < -0.4 is 14.8 Å². The number of anilines is 1. The molecule has 156 valence electrons. The van der Waals surface area contributed by atoms with E-state index in [4.69, 9.17) is 14.6 Å². The van der Waals surface area contributed by atoms with Gasteiger partial charge in [0.25, 0.3) is 5.91 Å². The zero-order chi connectivity index (χ0) is 21.8. The van der Waals surface area contributed by atoms with E-state index in [1.54, 1.807) is 31.2 Å². The van der Waals surface area contributed by atoms with Crippen molar-refractivity contribution in [3.63, 3.8) is 0 Å². The number of aromatic nitrogens is 2. The van der Waals surface area contributed by atoms with Gasteiger partial charge in [-0.1, -0.05) is 36.4 Å². The lowest BCUT2D eigenvalue weighted by Crippen LogP contribution is -2.13. The van der Waals surface area contributed by atoms with E-state index >= 15 is 0 Å². The van der Waals surface area contributed by atoms with E-state index in [-0.39, 0.29) is 5.91 Å². The SMILES string of the molecule is COc1ccc(OC)c(-c2nn(-c3ccccc3)cc2C(=O)Nc2ccccc2C)c1. The summed E-state index contributed by atoms with van der Waals surface area (Å²) in [7, 11) is 3.19. The van der Waals surface area contributed by atoms with E-state index in [0.717, 1.165) is 16.9 Å². The van der Waals surface area contributed by atoms with Gasteiger partial charge in [-0.05, 0) is 48.9 Å². The molecule has 6 heteroatoms. The first-order valence-electron chi connectivity index (χ1n) is 9.85. The molecule has 0 fully saturated rings. The highest BCUT2D eigenvalue weighted by molar-refractivity contribution is 6.08. The molecule has 0 bridgehead atoms. The topological polar surface area (TPSA) is 65.4 Å². The largest absolute Gasteiger partial charge is 0.497 e. The van der Waals surface area contributed by atoms with Gasteiger partial charge in [0.1, 0.15) is 17.2 Å². The van der Waals surface area contributed by atoms with Crippen molar-refractivity contribution in [3.05, 3.63) is 90.1 Å².